The summed E-state index contributed by atoms with van der Waals surface area (Å²) >= 11 is 10.3. The van der Waals surface area contributed by atoms with Crippen molar-refractivity contribution >= 4 is 38.4 Å². The van der Waals surface area contributed by atoms with Gasteiger partial charge in [-0.05, 0) is 65.1 Å². The minimum Gasteiger partial charge on any atom is -0.356 e. The molecule has 5 heteroatoms. The van der Waals surface area contributed by atoms with Gasteiger partial charge in [0, 0.05) is 21.5 Å². The molecule has 0 radical (unpaired) electrons. The molecule has 1 aliphatic heterocycles. The Morgan fingerprint density at radius 3 is 2.90 bits per heavy atom. The van der Waals surface area contributed by atoms with Gasteiger partial charge in [-0.2, -0.15) is 5.10 Å². The third-order valence-electron chi connectivity index (χ3n) is 4.74. The Balaban J connectivity index is 1.81. The summed E-state index contributed by atoms with van der Waals surface area (Å²) in [6, 6.07) is 2.06. The zero-order valence-corrected chi connectivity index (χ0v) is 14.3. The summed E-state index contributed by atoms with van der Waals surface area (Å²) in [6.45, 7) is 3.09. The number of rotatable bonds is 2. The van der Waals surface area contributed by atoms with Gasteiger partial charge in [-0.25, -0.2) is 4.68 Å². The second-order valence-electron chi connectivity index (χ2n) is 6.25. The summed E-state index contributed by atoms with van der Waals surface area (Å²) in [6.07, 6.45) is 6.56. The van der Waals surface area contributed by atoms with Crippen molar-refractivity contribution in [2.75, 3.05) is 6.61 Å². The lowest BCUT2D eigenvalue weighted by Gasteiger charge is -2.23. The number of fused-ring (bicyclic) bond motifs is 1. The summed E-state index contributed by atoms with van der Waals surface area (Å²) in [4.78, 5) is 0. The normalized spacial score (nSPS) is 29.0. The molecule has 0 bridgehead atoms. The van der Waals surface area contributed by atoms with Crippen molar-refractivity contribution in [1.82, 2.24) is 9.78 Å². The highest BCUT2D eigenvalue weighted by atomic mass is 79.9. The number of halogens is 2. The maximum absolute atomic E-state index is 6.56. The second kappa shape index (κ2) is 5.25. The Morgan fingerprint density at radius 2 is 2.24 bits per heavy atom. The molecule has 0 N–H and O–H groups in total. The van der Waals surface area contributed by atoms with Gasteiger partial charge in [-0.3, -0.25) is 0 Å². The first-order chi connectivity index (χ1) is 10.2. The highest BCUT2D eigenvalue weighted by Gasteiger charge is 2.37. The molecule has 1 saturated carbocycles. The van der Waals surface area contributed by atoms with Crippen molar-refractivity contribution in [3.8, 4) is 0 Å². The zero-order chi connectivity index (χ0) is 14.6. The predicted molar refractivity (Wildman–Crippen MR) is 87.8 cm³/mol. The summed E-state index contributed by atoms with van der Waals surface area (Å²) in [7, 11) is 0. The summed E-state index contributed by atoms with van der Waals surface area (Å²) in [5.74, 6) is 1.32. The minimum atomic E-state index is 0.0462. The van der Waals surface area contributed by atoms with Gasteiger partial charge < -0.3 is 4.74 Å². The number of hydrogen-bond donors (Lipinski definition) is 0. The fourth-order valence-electron chi connectivity index (χ4n) is 3.34. The maximum atomic E-state index is 6.56. The smallest absolute Gasteiger partial charge is 0.150 e. The van der Waals surface area contributed by atoms with Crippen LogP contribution in [-0.4, -0.2) is 16.4 Å². The van der Waals surface area contributed by atoms with E-state index in [1.54, 1.807) is 0 Å². The molecule has 3 nitrogen and oxygen atoms in total. The number of aromatic nitrogens is 2. The van der Waals surface area contributed by atoms with Gasteiger partial charge in [0.2, 0.25) is 0 Å². The largest absolute Gasteiger partial charge is 0.356 e. The van der Waals surface area contributed by atoms with Crippen molar-refractivity contribution in [2.45, 2.75) is 44.8 Å². The average molecular weight is 370 g/mol. The van der Waals surface area contributed by atoms with Crippen molar-refractivity contribution in [3.05, 3.63) is 27.3 Å². The van der Waals surface area contributed by atoms with E-state index in [0.717, 1.165) is 45.8 Å². The Labute approximate surface area is 137 Å². The van der Waals surface area contributed by atoms with E-state index in [1.165, 1.54) is 18.4 Å². The molecule has 1 aromatic carbocycles. The second-order valence-corrected chi connectivity index (χ2v) is 7.45. The van der Waals surface area contributed by atoms with Gasteiger partial charge in [0.25, 0.3) is 0 Å². The fraction of sp³-hybridized carbons (Fsp3) is 0.562. The average Bonchev–Trinajstić information content (AvgIpc) is 3.03. The van der Waals surface area contributed by atoms with Gasteiger partial charge in [-0.1, -0.05) is 18.5 Å². The van der Waals surface area contributed by atoms with Crippen LogP contribution in [0.1, 0.15) is 50.3 Å². The van der Waals surface area contributed by atoms with Crippen LogP contribution in [-0.2, 0) is 4.74 Å². The number of hydrogen-bond acceptors (Lipinski definition) is 2. The lowest BCUT2D eigenvalue weighted by Crippen LogP contribution is -2.18. The molecule has 112 valence electrons. The van der Waals surface area contributed by atoms with E-state index in [4.69, 9.17) is 16.3 Å². The number of nitrogens with zero attached hydrogens (tertiary/aromatic N) is 2. The molecule has 4 rings (SSSR count). The minimum absolute atomic E-state index is 0.0462. The quantitative estimate of drug-likeness (QED) is 0.720. The molecular formula is C16H18BrClN2O. The molecule has 1 unspecified atom stereocenters. The molecule has 2 fully saturated rings. The first-order valence-corrected chi connectivity index (χ1v) is 8.80. The summed E-state index contributed by atoms with van der Waals surface area (Å²) in [5.41, 5.74) is 2.32. The van der Waals surface area contributed by atoms with Gasteiger partial charge >= 0.3 is 0 Å². The summed E-state index contributed by atoms with van der Waals surface area (Å²) in [5, 5.41) is 6.55. The molecule has 0 spiro atoms. The van der Waals surface area contributed by atoms with Crippen LogP contribution < -0.4 is 0 Å². The number of benzene rings is 1. The van der Waals surface area contributed by atoms with Crippen LogP contribution in [0.2, 0.25) is 5.02 Å². The van der Waals surface area contributed by atoms with E-state index in [2.05, 4.69) is 34.0 Å². The fourth-order valence-corrected chi connectivity index (χ4v) is 4.61. The van der Waals surface area contributed by atoms with Crippen LogP contribution in [0.25, 0.3) is 10.9 Å². The lowest BCUT2D eigenvalue weighted by atomic mass is 10.1. The Morgan fingerprint density at radius 1 is 1.43 bits per heavy atom. The van der Waals surface area contributed by atoms with Crippen molar-refractivity contribution < 1.29 is 4.74 Å². The highest BCUT2D eigenvalue weighted by Crippen LogP contribution is 2.53. The SMILES string of the molecule is C[C@H]1C[C@H]1c1c(Cl)cc2c(cnn2C2CCCCO2)c1Br. The Bertz CT molecular complexity index is 693. The van der Waals surface area contributed by atoms with Gasteiger partial charge in [0.15, 0.2) is 6.23 Å². The van der Waals surface area contributed by atoms with Crippen LogP contribution in [0, 0.1) is 5.92 Å². The molecule has 1 aromatic heterocycles. The first kappa shape index (κ1) is 14.0. The molecular weight excluding hydrogens is 352 g/mol. The standard InChI is InChI=1S/C16H18BrClN2O/c1-9-6-10(9)15-12(18)7-13-11(16(15)17)8-19-20(13)14-4-2-3-5-21-14/h7-10,14H,2-6H2,1H3/t9-,10+,14?/m0/s1. The Kier molecular flexibility index (Phi) is 3.51. The molecule has 21 heavy (non-hydrogen) atoms. The molecule has 1 aliphatic carbocycles. The van der Waals surface area contributed by atoms with Crippen LogP contribution in [0.5, 0.6) is 0 Å². The van der Waals surface area contributed by atoms with Gasteiger partial charge in [0.05, 0.1) is 11.7 Å². The Hall–Kier alpha value is -0.580. The zero-order valence-electron chi connectivity index (χ0n) is 12.0. The molecule has 2 aliphatic rings. The van der Waals surface area contributed by atoms with Gasteiger partial charge in [0.1, 0.15) is 0 Å². The monoisotopic (exact) mass is 368 g/mol. The molecule has 1 saturated heterocycles. The van der Waals surface area contributed by atoms with E-state index in [0.29, 0.717) is 5.92 Å². The number of ether oxygens (including phenoxy) is 1. The van der Waals surface area contributed by atoms with Crippen LogP contribution in [0.3, 0.4) is 0 Å². The van der Waals surface area contributed by atoms with E-state index in [1.807, 2.05) is 10.9 Å². The molecule has 2 heterocycles. The van der Waals surface area contributed by atoms with Gasteiger partial charge in [-0.15, -0.1) is 0 Å². The van der Waals surface area contributed by atoms with E-state index < -0.39 is 0 Å². The predicted octanol–water partition coefficient (Wildman–Crippen LogP) is 5.27. The van der Waals surface area contributed by atoms with E-state index in [-0.39, 0.29) is 6.23 Å². The molecule has 0 amide bonds. The topological polar surface area (TPSA) is 27.1 Å². The third-order valence-corrected chi connectivity index (χ3v) is 5.90. The van der Waals surface area contributed by atoms with Crippen LogP contribution in [0.15, 0.2) is 16.7 Å². The van der Waals surface area contributed by atoms with Crippen molar-refractivity contribution in [3.63, 3.8) is 0 Å². The lowest BCUT2D eigenvalue weighted by molar-refractivity contribution is -0.0366. The molecule has 2 aromatic rings. The van der Waals surface area contributed by atoms with Crippen LogP contribution >= 0.6 is 27.5 Å². The van der Waals surface area contributed by atoms with Crippen LogP contribution in [0.4, 0.5) is 0 Å². The van der Waals surface area contributed by atoms with Crippen molar-refractivity contribution in [1.29, 1.82) is 0 Å². The highest BCUT2D eigenvalue weighted by molar-refractivity contribution is 9.10. The molecule has 3 atom stereocenters. The maximum Gasteiger partial charge on any atom is 0.150 e. The first-order valence-electron chi connectivity index (χ1n) is 7.63. The van der Waals surface area contributed by atoms with E-state index in [9.17, 15) is 0 Å². The third kappa shape index (κ3) is 2.32. The van der Waals surface area contributed by atoms with Crippen molar-refractivity contribution in [2.24, 2.45) is 5.92 Å². The van der Waals surface area contributed by atoms with E-state index >= 15 is 0 Å². The summed E-state index contributed by atoms with van der Waals surface area (Å²) < 4.78 is 8.96.